The Morgan fingerprint density at radius 3 is 1.17 bits per heavy atom. The van der Waals surface area contributed by atoms with Gasteiger partial charge in [-0.05, 0) is 11.1 Å². The van der Waals surface area contributed by atoms with E-state index in [-0.39, 0.29) is 11.1 Å². The van der Waals surface area contributed by atoms with Gasteiger partial charge in [0.2, 0.25) is 0 Å². The van der Waals surface area contributed by atoms with E-state index in [0.717, 1.165) is 0 Å². The van der Waals surface area contributed by atoms with E-state index in [0.29, 0.717) is 7.25 Å². The molecule has 2 unspecified atom stereocenters. The summed E-state index contributed by atoms with van der Waals surface area (Å²) in [6.45, 7) is 16.8. The molecule has 6 aromatic carbocycles. The molecule has 322 valence electrons. The number of allylic oxidation sites excluding steroid dienone is 4. The average molecular weight is 1060 g/mol. The van der Waals surface area contributed by atoms with E-state index in [4.69, 9.17) is 0 Å². The van der Waals surface area contributed by atoms with Gasteiger partial charge in [-0.3, -0.25) is 0 Å². The third-order valence-corrected chi connectivity index (χ3v) is 24.6. The van der Waals surface area contributed by atoms with Gasteiger partial charge in [0, 0.05) is 0 Å². The average Bonchev–Trinajstić information content (AvgIpc) is 3.80. The van der Waals surface area contributed by atoms with Crippen molar-refractivity contribution < 1.29 is 32.8 Å². The molecule has 8 heteroatoms. The molecule has 2 aliphatic carbocycles. The second-order valence-electron chi connectivity index (χ2n) is 18.4. The molecule has 6 aromatic rings. The molecule has 0 aliphatic heterocycles. The molecular formula is C56H61InN2O2Si2Zr. The molecule has 2 atom stereocenters. The van der Waals surface area contributed by atoms with Gasteiger partial charge in [-0.15, -0.1) is 0 Å². The number of rotatable bonds is 11. The van der Waals surface area contributed by atoms with Crippen molar-refractivity contribution in [2.45, 2.75) is 60.4 Å². The molecule has 0 aromatic heterocycles. The van der Waals surface area contributed by atoms with Gasteiger partial charge in [0.05, 0.1) is 0 Å². The van der Waals surface area contributed by atoms with E-state index in [2.05, 4.69) is 178 Å². The van der Waals surface area contributed by atoms with Crippen LogP contribution >= 0.6 is 0 Å². The molecule has 0 fully saturated rings. The number of carbonyl (C=O) groups is 2. The van der Waals surface area contributed by atoms with Crippen molar-refractivity contribution in [2.75, 3.05) is 0 Å². The van der Waals surface area contributed by atoms with Crippen LogP contribution in [-0.4, -0.2) is 50.7 Å². The van der Waals surface area contributed by atoms with Crippen LogP contribution in [0.4, 0.5) is 9.59 Å². The van der Waals surface area contributed by atoms with Crippen LogP contribution < -0.4 is 6.61 Å². The van der Waals surface area contributed by atoms with Gasteiger partial charge in [0.25, 0.3) is 0 Å². The maximum atomic E-state index is 11.6. The second-order valence-corrected chi connectivity index (χ2v) is 35.0. The number of benzene rings is 6. The molecular weight excluding hydrogens is 995 g/mol. The Labute approximate surface area is 407 Å². The maximum absolute atomic E-state index is 11.6. The van der Waals surface area contributed by atoms with Crippen LogP contribution in [0, 0.1) is 0 Å². The monoisotopic (exact) mass is 1050 g/mol. The van der Waals surface area contributed by atoms with Gasteiger partial charge >= 0.3 is 315 Å². The zero-order chi connectivity index (χ0) is 45.7. The van der Waals surface area contributed by atoms with Crippen LogP contribution in [0.1, 0.15) is 54.5 Å². The summed E-state index contributed by atoms with van der Waals surface area (Å²) >= 11 is -2.44. The number of amides is 2. The number of fused-ring (bicyclic) bond motifs is 2. The van der Waals surface area contributed by atoms with E-state index in [1.54, 1.807) is 22.3 Å². The van der Waals surface area contributed by atoms with Crippen molar-refractivity contribution in [2.24, 2.45) is 0 Å². The molecule has 8 rings (SSSR count). The van der Waals surface area contributed by atoms with Crippen molar-refractivity contribution in [3.63, 3.8) is 0 Å². The summed E-state index contributed by atoms with van der Waals surface area (Å²) in [5.41, 5.74) is 17.3. The molecule has 2 amide bonds. The Hall–Kier alpha value is -4.59. The first kappa shape index (κ1) is 48.9. The summed E-state index contributed by atoms with van der Waals surface area (Å²) in [4.78, 5) is 23.1. The number of hydrogen-bond acceptors (Lipinski definition) is 2. The molecule has 0 saturated carbocycles. The molecule has 0 saturated heterocycles. The van der Waals surface area contributed by atoms with Crippen molar-refractivity contribution in [1.29, 1.82) is 0 Å². The van der Waals surface area contributed by atoms with Crippen LogP contribution in [0.2, 0.25) is 39.3 Å². The predicted molar refractivity (Wildman–Crippen MR) is 278 cm³/mol. The van der Waals surface area contributed by atoms with Crippen molar-refractivity contribution >= 4 is 75.0 Å². The van der Waals surface area contributed by atoms with E-state index in [1.807, 2.05) is 75.7 Å². The van der Waals surface area contributed by atoms with Crippen molar-refractivity contribution in [3.05, 3.63) is 214 Å². The summed E-state index contributed by atoms with van der Waals surface area (Å²) in [5, 5.41) is 0. The second kappa shape index (κ2) is 23.0. The molecule has 4 nitrogen and oxygen atoms in total. The van der Waals surface area contributed by atoms with Crippen LogP contribution in [0.25, 0.3) is 46.6 Å². The summed E-state index contributed by atoms with van der Waals surface area (Å²) in [7, 11) is -3.43. The molecule has 0 bridgehead atoms. The Bertz CT molecular complexity index is 2450. The summed E-state index contributed by atoms with van der Waals surface area (Å²) in [5.74, 6) is 0. The predicted octanol–water partition coefficient (Wildman–Crippen LogP) is 14.6. The van der Waals surface area contributed by atoms with E-state index in [9.17, 15) is 9.59 Å². The minimum atomic E-state index is -1.72. The van der Waals surface area contributed by atoms with E-state index in [1.165, 1.54) is 44.5 Å². The standard InChI is InChI=1S/2C16H13.C16H14.2C4H11NOSi.In.Zr.H/c2*1-12-10-14-8-5-9-15(16(14)11-12)13-6-3-2-4-7-13;1-3-9-15(10-4-1)13-7-8-14-16-11-5-2-6-12-16;2*1-7(2,3)4(5)6;;;/h2*2-11H,1H3;1-14H;2*1-3H3,(H2,5,6);;;/q;;;;;+2;;/p-2. The van der Waals surface area contributed by atoms with Crippen LogP contribution in [-0.2, 0) is 23.2 Å². The Kier molecular flexibility index (Phi) is 17.6. The van der Waals surface area contributed by atoms with Crippen molar-refractivity contribution in [1.82, 2.24) is 6.61 Å². The third-order valence-electron chi connectivity index (χ3n) is 11.2. The summed E-state index contributed by atoms with van der Waals surface area (Å²) < 4.78 is 7.16. The fraction of sp³-hybridized carbons (Fsp3) is 0.179. The molecule has 0 spiro atoms. The first-order valence-corrected chi connectivity index (χ1v) is 36.1. The fourth-order valence-corrected chi connectivity index (χ4v) is 24.8. The summed E-state index contributed by atoms with van der Waals surface area (Å²) in [6.07, 6.45) is 13.3. The number of carbonyl (C=O) groups excluding carboxylic acids is 2. The van der Waals surface area contributed by atoms with Gasteiger partial charge < -0.3 is 0 Å². The third kappa shape index (κ3) is 13.5. The Balaban J connectivity index is 0.000000184. The van der Waals surface area contributed by atoms with Gasteiger partial charge in [-0.25, -0.2) is 0 Å². The van der Waals surface area contributed by atoms with E-state index >= 15 is 0 Å². The molecule has 2 aliphatic rings. The van der Waals surface area contributed by atoms with Gasteiger partial charge in [0.1, 0.15) is 0 Å². The van der Waals surface area contributed by atoms with Gasteiger partial charge in [0.15, 0.2) is 0 Å². The van der Waals surface area contributed by atoms with Gasteiger partial charge in [-0.1, -0.05) is 85.0 Å². The zero-order valence-corrected chi connectivity index (χ0v) is 47.1. The normalized spacial score (nSPS) is 15.1. The van der Waals surface area contributed by atoms with Gasteiger partial charge in [-0.2, -0.15) is 0 Å². The van der Waals surface area contributed by atoms with Crippen molar-refractivity contribution in [3.8, 4) is 22.3 Å². The number of nitrogens with one attached hydrogen (secondary N) is 2. The topological polar surface area (TPSA) is 58.2 Å². The Morgan fingerprint density at radius 1 is 0.484 bits per heavy atom. The first-order chi connectivity index (χ1) is 30.7. The molecule has 2 N–H and O–H groups in total. The zero-order valence-electron chi connectivity index (χ0n) is 38.7. The fourth-order valence-electron chi connectivity index (χ4n) is 7.65. The Morgan fingerprint density at radius 2 is 0.828 bits per heavy atom. The quantitative estimate of drug-likeness (QED) is 0.100. The van der Waals surface area contributed by atoms with Crippen LogP contribution in [0.3, 0.4) is 0 Å². The SMILES string of the molecule is C(C=Cc1ccccc1)=Cc1ccccc1.CC1=Cc2c(-c3ccccc3)cccc2[CH]1[Zr][CH]1C(C)=Cc2c(-c3ccccc3)cccc21.C[Si](C)(C)C(=O)[NH][InH][NH]C(=O)[Si](C)(C)C. The van der Waals surface area contributed by atoms with Crippen LogP contribution in [0.15, 0.2) is 181 Å². The van der Waals surface area contributed by atoms with E-state index < -0.39 is 62.9 Å². The minimum absolute atomic E-state index is 0.175. The molecule has 0 heterocycles. The van der Waals surface area contributed by atoms with Crippen LogP contribution in [0.5, 0.6) is 0 Å². The number of hydrogen-bond donors (Lipinski definition) is 2. The molecule has 64 heavy (non-hydrogen) atoms. The summed E-state index contributed by atoms with van der Waals surface area (Å²) in [6, 6.07) is 56.1. The first-order valence-electron chi connectivity index (χ1n) is 22.2. The molecule has 0 radical (unpaired) electrons.